The molecule has 0 amide bonds. The topological polar surface area (TPSA) is 83.6 Å². The van der Waals surface area contributed by atoms with Crippen LogP contribution in [0.4, 0.5) is 0 Å². The molecule has 2 rings (SSSR count). The molecule has 0 bridgehead atoms. The molecule has 0 radical (unpaired) electrons. The summed E-state index contributed by atoms with van der Waals surface area (Å²) in [5, 5.41) is 17.8. The largest absolute Gasteiger partial charge is 0.481 e. The lowest BCUT2D eigenvalue weighted by Crippen LogP contribution is -2.10. The molecule has 2 aromatic rings. The molecule has 2 N–H and O–H groups in total. The molecule has 0 spiro atoms. The summed E-state index contributed by atoms with van der Waals surface area (Å²) in [6, 6.07) is 5.22. The highest BCUT2D eigenvalue weighted by molar-refractivity contribution is 5.74. The Kier molecular flexibility index (Phi) is 2.87. The van der Waals surface area contributed by atoms with Crippen molar-refractivity contribution in [3.63, 3.8) is 0 Å². The molecular weight excluding hydrogens is 210 g/mol. The second-order valence-corrected chi connectivity index (χ2v) is 3.56. The average Bonchev–Trinajstić information content (AvgIpc) is 2.72. The number of hydrogen-bond donors (Lipinski definition) is 2. The van der Waals surface area contributed by atoms with Crippen LogP contribution in [0, 0.1) is 0 Å². The third kappa shape index (κ3) is 2.04. The molecule has 0 aliphatic carbocycles. The fourth-order valence-electron chi connectivity index (χ4n) is 1.62. The van der Waals surface area contributed by atoms with E-state index in [0.717, 1.165) is 11.1 Å². The zero-order chi connectivity index (χ0) is 11.5. The monoisotopic (exact) mass is 221 g/mol. The smallest absolute Gasteiger partial charge is 0.304 e. The van der Waals surface area contributed by atoms with Crippen molar-refractivity contribution < 1.29 is 19.4 Å². The lowest BCUT2D eigenvalue weighted by atomic mass is 9.96. The maximum atomic E-state index is 10.6. The molecule has 5 heteroatoms. The first-order chi connectivity index (χ1) is 7.70. The Balaban J connectivity index is 2.32. The van der Waals surface area contributed by atoms with Gasteiger partial charge in [0.1, 0.15) is 5.52 Å². The number of aliphatic hydroxyl groups excluding tert-OH is 1. The van der Waals surface area contributed by atoms with Gasteiger partial charge in [-0.05, 0) is 17.7 Å². The molecule has 1 aromatic heterocycles. The first-order valence-electron chi connectivity index (χ1n) is 4.86. The Bertz CT molecular complexity index is 505. The van der Waals surface area contributed by atoms with Crippen LogP contribution in [0.15, 0.2) is 29.0 Å². The van der Waals surface area contributed by atoms with Crippen LogP contribution in [-0.4, -0.2) is 27.8 Å². The number of rotatable bonds is 4. The number of hydrogen-bond acceptors (Lipinski definition) is 4. The van der Waals surface area contributed by atoms with E-state index in [1.807, 2.05) is 0 Å². The third-order valence-electron chi connectivity index (χ3n) is 2.47. The number of carboxylic acids is 1. The van der Waals surface area contributed by atoms with Crippen LogP contribution in [0.3, 0.4) is 0 Å². The average molecular weight is 221 g/mol. The molecule has 5 nitrogen and oxygen atoms in total. The highest BCUT2D eigenvalue weighted by Crippen LogP contribution is 2.23. The van der Waals surface area contributed by atoms with Gasteiger partial charge >= 0.3 is 5.97 Å². The Morgan fingerprint density at radius 3 is 3.00 bits per heavy atom. The molecule has 0 saturated carbocycles. The van der Waals surface area contributed by atoms with E-state index in [2.05, 4.69) is 4.98 Å². The first-order valence-corrected chi connectivity index (χ1v) is 4.86. The van der Waals surface area contributed by atoms with Gasteiger partial charge in [-0.2, -0.15) is 0 Å². The molecular formula is C11H11NO4. The van der Waals surface area contributed by atoms with Gasteiger partial charge in [-0.3, -0.25) is 4.79 Å². The van der Waals surface area contributed by atoms with Crippen LogP contribution in [-0.2, 0) is 4.79 Å². The van der Waals surface area contributed by atoms with Crippen LogP contribution in [0.1, 0.15) is 17.9 Å². The van der Waals surface area contributed by atoms with Crippen LogP contribution in [0.2, 0.25) is 0 Å². The summed E-state index contributed by atoms with van der Waals surface area (Å²) < 4.78 is 5.12. The summed E-state index contributed by atoms with van der Waals surface area (Å²) in [4.78, 5) is 14.6. The lowest BCUT2D eigenvalue weighted by Gasteiger charge is -2.11. The third-order valence-corrected chi connectivity index (χ3v) is 2.47. The zero-order valence-corrected chi connectivity index (χ0v) is 8.46. The van der Waals surface area contributed by atoms with Crippen LogP contribution < -0.4 is 0 Å². The predicted octanol–water partition coefficient (Wildman–Crippen LogP) is 1.38. The molecule has 0 aliphatic rings. The molecule has 1 atom stereocenters. The van der Waals surface area contributed by atoms with Gasteiger partial charge in [0.2, 0.25) is 0 Å². The molecule has 0 fully saturated rings. The van der Waals surface area contributed by atoms with Gasteiger partial charge in [0.25, 0.3) is 0 Å². The minimum Gasteiger partial charge on any atom is -0.481 e. The molecule has 84 valence electrons. The number of nitrogens with zero attached hydrogens (tertiary/aromatic N) is 1. The number of aliphatic carboxylic acids is 1. The molecule has 0 saturated heterocycles. The Morgan fingerprint density at radius 1 is 1.50 bits per heavy atom. The van der Waals surface area contributed by atoms with Crippen molar-refractivity contribution in [1.29, 1.82) is 0 Å². The standard InChI is InChI=1S/C11H11NO4/c13-5-8(4-11(14)15)7-1-2-9-10(3-7)16-6-12-9/h1-3,6,8,13H,4-5H2,(H,14,15). The minimum atomic E-state index is -0.934. The maximum Gasteiger partial charge on any atom is 0.304 e. The normalized spacial score (nSPS) is 12.8. The number of carbonyl (C=O) groups is 1. The fraction of sp³-hybridized carbons (Fsp3) is 0.273. The van der Waals surface area contributed by atoms with Crippen LogP contribution in [0.25, 0.3) is 11.1 Å². The SMILES string of the molecule is O=C(O)CC(CO)c1ccc2ncoc2c1. The first kappa shape index (κ1) is 10.6. The number of aromatic nitrogens is 1. The van der Waals surface area contributed by atoms with E-state index in [0.29, 0.717) is 5.58 Å². The van der Waals surface area contributed by atoms with Gasteiger partial charge in [-0.15, -0.1) is 0 Å². The van der Waals surface area contributed by atoms with Gasteiger partial charge in [0.15, 0.2) is 12.0 Å². The van der Waals surface area contributed by atoms with Crippen molar-refractivity contribution in [2.75, 3.05) is 6.61 Å². The lowest BCUT2D eigenvalue weighted by molar-refractivity contribution is -0.137. The number of oxazole rings is 1. The highest BCUT2D eigenvalue weighted by atomic mass is 16.4. The molecule has 1 heterocycles. The highest BCUT2D eigenvalue weighted by Gasteiger charge is 2.15. The number of carboxylic acid groups (broad SMARTS) is 1. The van der Waals surface area contributed by atoms with E-state index < -0.39 is 11.9 Å². The van der Waals surface area contributed by atoms with Gasteiger partial charge < -0.3 is 14.6 Å². The van der Waals surface area contributed by atoms with E-state index >= 15 is 0 Å². The van der Waals surface area contributed by atoms with Gasteiger partial charge in [0, 0.05) is 5.92 Å². The van der Waals surface area contributed by atoms with Crippen molar-refractivity contribution in [3.8, 4) is 0 Å². The van der Waals surface area contributed by atoms with Crippen molar-refractivity contribution in [1.82, 2.24) is 4.98 Å². The van der Waals surface area contributed by atoms with Crippen LogP contribution >= 0.6 is 0 Å². The fourth-order valence-corrected chi connectivity index (χ4v) is 1.62. The van der Waals surface area contributed by atoms with Crippen molar-refractivity contribution in [2.45, 2.75) is 12.3 Å². The van der Waals surface area contributed by atoms with E-state index in [1.54, 1.807) is 18.2 Å². The van der Waals surface area contributed by atoms with Gasteiger partial charge in [0.05, 0.1) is 13.0 Å². The number of benzene rings is 1. The van der Waals surface area contributed by atoms with Gasteiger partial charge in [-0.1, -0.05) is 6.07 Å². The summed E-state index contributed by atoms with van der Waals surface area (Å²) >= 11 is 0. The van der Waals surface area contributed by atoms with Crippen molar-refractivity contribution in [3.05, 3.63) is 30.2 Å². The summed E-state index contributed by atoms with van der Waals surface area (Å²) in [6.07, 6.45) is 1.23. The molecule has 16 heavy (non-hydrogen) atoms. The van der Waals surface area contributed by atoms with Crippen molar-refractivity contribution in [2.24, 2.45) is 0 Å². The number of fused-ring (bicyclic) bond motifs is 1. The quantitative estimate of drug-likeness (QED) is 0.814. The van der Waals surface area contributed by atoms with E-state index in [9.17, 15) is 4.79 Å². The number of aliphatic hydroxyl groups is 1. The molecule has 1 aromatic carbocycles. The van der Waals surface area contributed by atoms with E-state index in [4.69, 9.17) is 14.6 Å². The molecule has 0 aliphatic heterocycles. The van der Waals surface area contributed by atoms with Gasteiger partial charge in [-0.25, -0.2) is 4.98 Å². The van der Waals surface area contributed by atoms with Crippen molar-refractivity contribution >= 4 is 17.1 Å². The van der Waals surface area contributed by atoms with Crippen LogP contribution in [0.5, 0.6) is 0 Å². The van der Waals surface area contributed by atoms with E-state index in [1.165, 1.54) is 6.39 Å². The predicted molar refractivity (Wildman–Crippen MR) is 56.1 cm³/mol. The maximum absolute atomic E-state index is 10.6. The summed E-state index contributed by atoms with van der Waals surface area (Å²) in [5.41, 5.74) is 2.06. The second kappa shape index (κ2) is 4.32. The summed E-state index contributed by atoms with van der Waals surface area (Å²) in [7, 11) is 0. The summed E-state index contributed by atoms with van der Waals surface area (Å²) in [5.74, 6) is -1.34. The Labute approximate surface area is 91.3 Å². The summed E-state index contributed by atoms with van der Waals surface area (Å²) in [6.45, 7) is -0.202. The molecule has 1 unspecified atom stereocenters. The Morgan fingerprint density at radius 2 is 2.31 bits per heavy atom. The Hall–Kier alpha value is -1.88. The van der Waals surface area contributed by atoms with E-state index in [-0.39, 0.29) is 13.0 Å². The second-order valence-electron chi connectivity index (χ2n) is 3.56. The zero-order valence-electron chi connectivity index (χ0n) is 8.46. The minimum absolute atomic E-state index is 0.101.